The van der Waals surface area contributed by atoms with E-state index < -0.39 is 0 Å². The monoisotopic (exact) mass is 372 g/mol. The first-order valence-electron chi connectivity index (χ1n) is 10.3. The summed E-state index contributed by atoms with van der Waals surface area (Å²) >= 11 is 0. The van der Waals surface area contributed by atoms with Gasteiger partial charge in [-0.1, -0.05) is 10.3 Å². The molecule has 5 rings (SSSR count). The van der Waals surface area contributed by atoms with Gasteiger partial charge < -0.3 is 13.9 Å². The third kappa shape index (κ3) is 3.47. The zero-order valence-corrected chi connectivity index (χ0v) is 16.1. The molecule has 3 aliphatic rings. The molecule has 1 saturated carbocycles. The molecule has 0 unspecified atom stereocenters. The number of nitrogens with zero attached hydrogens (tertiary/aromatic N) is 6. The van der Waals surface area contributed by atoms with Gasteiger partial charge in [-0.05, 0) is 57.3 Å². The van der Waals surface area contributed by atoms with Crippen molar-refractivity contribution >= 4 is 6.01 Å². The molecule has 0 N–H and O–H groups in total. The van der Waals surface area contributed by atoms with Crippen molar-refractivity contribution in [2.75, 3.05) is 31.1 Å². The van der Waals surface area contributed by atoms with Crippen LogP contribution in [0.25, 0.3) is 0 Å². The molecule has 1 aliphatic carbocycles. The molecule has 0 aromatic carbocycles. The molecule has 8 heteroatoms. The Balaban J connectivity index is 1.11. The zero-order valence-electron chi connectivity index (χ0n) is 16.1. The van der Waals surface area contributed by atoms with Crippen molar-refractivity contribution < 1.29 is 9.05 Å². The third-order valence-electron chi connectivity index (χ3n) is 6.51. The maximum absolute atomic E-state index is 5.49. The maximum Gasteiger partial charge on any atom is 0.324 e. The van der Waals surface area contributed by atoms with Crippen LogP contribution in [0.1, 0.15) is 68.4 Å². The summed E-state index contributed by atoms with van der Waals surface area (Å²) in [7, 11) is 0. The lowest BCUT2D eigenvalue weighted by Crippen LogP contribution is -2.56. The molecule has 146 valence electrons. The Bertz CT molecular complexity index is 765. The standard InChI is InChI=1S/C19H28N6O2/c1-14-20-17(26-22-14)15-5-7-19(8-6-15)12-24(13-19)11-16-21-18(27-23-16)25-9-3-2-4-10-25/h15H,2-13H2,1H3. The molecular weight excluding hydrogens is 344 g/mol. The summed E-state index contributed by atoms with van der Waals surface area (Å²) < 4.78 is 10.9. The smallest absolute Gasteiger partial charge is 0.324 e. The Hall–Kier alpha value is -1.96. The molecule has 2 saturated heterocycles. The Morgan fingerprint density at radius 1 is 1.00 bits per heavy atom. The van der Waals surface area contributed by atoms with Crippen LogP contribution in [0.3, 0.4) is 0 Å². The summed E-state index contributed by atoms with van der Waals surface area (Å²) in [6.07, 6.45) is 8.52. The van der Waals surface area contributed by atoms with E-state index in [0.29, 0.717) is 17.3 Å². The number of anilines is 1. The first-order chi connectivity index (χ1) is 13.2. The van der Waals surface area contributed by atoms with Gasteiger partial charge in [0.25, 0.3) is 0 Å². The number of rotatable bonds is 4. The van der Waals surface area contributed by atoms with Crippen molar-refractivity contribution in [1.82, 2.24) is 25.2 Å². The Labute approximate surface area is 159 Å². The molecule has 0 amide bonds. The molecule has 4 heterocycles. The van der Waals surface area contributed by atoms with E-state index in [1.807, 2.05) is 6.92 Å². The highest BCUT2D eigenvalue weighted by molar-refractivity contribution is 5.25. The Morgan fingerprint density at radius 3 is 2.48 bits per heavy atom. The van der Waals surface area contributed by atoms with E-state index in [1.165, 1.54) is 32.1 Å². The molecule has 1 spiro atoms. The van der Waals surface area contributed by atoms with E-state index in [4.69, 9.17) is 9.05 Å². The van der Waals surface area contributed by atoms with Gasteiger partial charge in [0.15, 0.2) is 11.6 Å². The highest BCUT2D eigenvalue weighted by Gasteiger charge is 2.46. The number of aromatic nitrogens is 4. The fourth-order valence-corrected chi connectivity index (χ4v) is 5.01. The summed E-state index contributed by atoms with van der Waals surface area (Å²) in [4.78, 5) is 13.7. The molecule has 0 bridgehead atoms. The van der Waals surface area contributed by atoms with E-state index in [2.05, 4.69) is 30.1 Å². The first kappa shape index (κ1) is 17.2. The second-order valence-electron chi connectivity index (χ2n) is 8.64. The molecule has 2 aliphatic heterocycles. The van der Waals surface area contributed by atoms with Crippen LogP contribution in [0, 0.1) is 12.3 Å². The number of likely N-dealkylation sites (tertiary alicyclic amines) is 1. The third-order valence-corrected chi connectivity index (χ3v) is 6.51. The summed E-state index contributed by atoms with van der Waals surface area (Å²) in [5.74, 6) is 2.83. The van der Waals surface area contributed by atoms with Crippen LogP contribution in [0.2, 0.25) is 0 Å². The SMILES string of the molecule is Cc1noc(C2CCC3(CC2)CN(Cc2noc(N4CCCCC4)n2)C3)n1. The van der Waals surface area contributed by atoms with Gasteiger partial charge in [-0.3, -0.25) is 4.90 Å². The van der Waals surface area contributed by atoms with Gasteiger partial charge >= 0.3 is 6.01 Å². The number of hydrogen-bond acceptors (Lipinski definition) is 8. The van der Waals surface area contributed by atoms with E-state index in [9.17, 15) is 0 Å². The van der Waals surface area contributed by atoms with Crippen LogP contribution >= 0.6 is 0 Å². The maximum atomic E-state index is 5.49. The minimum atomic E-state index is 0.440. The van der Waals surface area contributed by atoms with Crippen LogP contribution in [-0.4, -0.2) is 51.4 Å². The fraction of sp³-hybridized carbons (Fsp3) is 0.789. The van der Waals surface area contributed by atoms with Gasteiger partial charge in [-0.15, -0.1) is 0 Å². The number of piperidine rings is 1. The van der Waals surface area contributed by atoms with Crippen molar-refractivity contribution in [3.8, 4) is 0 Å². The average Bonchev–Trinajstić information content (AvgIpc) is 3.31. The summed E-state index contributed by atoms with van der Waals surface area (Å²) in [6.45, 7) is 7.03. The van der Waals surface area contributed by atoms with Crippen LogP contribution in [0.4, 0.5) is 6.01 Å². The fourth-order valence-electron chi connectivity index (χ4n) is 5.01. The minimum absolute atomic E-state index is 0.440. The van der Waals surface area contributed by atoms with Gasteiger partial charge in [0.05, 0.1) is 6.54 Å². The zero-order chi connectivity index (χ0) is 18.3. The lowest BCUT2D eigenvalue weighted by molar-refractivity contribution is -0.0401. The molecular formula is C19H28N6O2. The molecule has 0 atom stereocenters. The van der Waals surface area contributed by atoms with Crippen LogP contribution in [0.5, 0.6) is 0 Å². The lowest BCUT2D eigenvalue weighted by atomic mass is 9.66. The van der Waals surface area contributed by atoms with Crippen molar-refractivity contribution in [3.63, 3.8) is 0 Å². The molecule has 8 nitrogen and oxygen atoms in total. The molecule has 2 aromatic rings. The van der Waals surface area contributed by atoms with Crippen LogP contribution in [-0.2, 0) is 6.54 Å². The first-order valence-corrected chi connectivity index (χ1v) is 10.3. The van der Waals surface area contributed by atoms with Crippen LogP contribution < -0.4 is 4.90 Å². The average molecular weight is 372 g/mol. The van der Waals surface area contributed by atoms with Gasteiger partial charge in [-0.25, -0.2) is 0 Å². The van der Waals surface area contributed by atoms with Crippen molar-refractivity contribution in [2.24, 2.45) is 5.41 Å². The van der Waals surface area contributed by atoms with Crippen LogP contribution in [0.15, 0.2) is 9.05 Å². The molecule has 3 fully saturated rings. The van der Waals surface area contributed by atoms with Gasteiger partial charge in [0.1, 0.15) is 0 Å². The largest absolute Gasteiger partial charge is 0.339 e. The quantitative estimate of drug-likeness (QED) is 0.810. The molecule has 2 aromatic heterocycles. The van der Waals surface area contributed by atoms with E-state index >= 15 is 0 Å². The topological polar surface area (TPSA) is 84.3 Å². The van der Waals surface area contributed by atoms with Gasteiger partial charge in [0.2, 0.25) is 5.89 Å². The predicted molar refractivity (Wildman–Crippen MR) is 98.3 cm³/mol. The molecule has 0 radical (unpaired) electrons. The highest BCUT2D eigenvalue weighted by Crippen LogP contribution is 2.48. The van der Waals surface area contributed by atoms with E-state index in [-0.39, 0.29) is 0 Å². The Morgan fingerprint density at radius 2 is 1.78 bits per heavy atom. The Kier molecular flexibility index (Phi) is 4.38. The lowest BCUT2D eigenvalue weighted by Gasteiger charge is -2.53. The van der Waals surface area contributed by atoms with E-state index in [0.717, 1.165) is 63.1 Å². The number of aryl methyl sites for hydroxylation is 1. The predicted octanol–water partition coefficient (Wildman–Crippen LogP) is 2.91. The van der Waals surface area contributed by atoms with E-state index in [1.54, 1.807) is 0 Å². The molecule has 27 heavy (non-hydrogen) atoms. The summed E-state index contributed by atoms with van der Waals surface area (Å²) in [5, 5.41) is 8.14. The summed E-state index contributed by atoms with van der Waals surface area (Å²) in [5.41, 5.74) is 0.463. The van der Waals surface area contributed by atoms with Gasteiger partial charge in [0, 0.05) is 32.1 Å². The summed E-state index contributed by atoms with van der Waals surface area (Å²) in [6, 6.07) is 0.704. The van der Waals surface area contributed by atoms with Crippen molar-refractivity contribution in [2.45, 2.75) is 64.3 Å². The second kappa shape index (κ2) is 6.89. The van der Waals surface area contributed by atoms with Gasteiger partial charge in [-0.2, -0.15) is 9.97 Å². The normalized spacial score (nSPS) is 23.7. The second-order valence-corrected chi connectivity index (χ2v) is 8.64. The number of hydrogen-bond donors (Lipinski definition) is 0. The highest BCUT2D eigenvalue weighted by atomic mass is 16.5. The van der Waals surface area contributed by atoms with Crippen molar-refractivity contribution in [3.05, 3.63) is 17.5 Å². The minimum Gasteiger partial charge on any atom is -0.339 e. The van der Waals surface area contributed by atoms with Crippen molar-refractivity contribution in [1.29, 1.82) is 0 Å².